The Balaban J connectivity index is 0. The van der Waals surface area contributed by atoms with Crippen LogP contribution in [0, 0.1) is 0 Å². The molecule has 0 aliphatic rings. The minimum atomic E-state index is -2.74. The molecule has 0 amide bonds. The Labute approximate surface area is 194 Å². The molecule has 0 aromatic heterocycles. The van der Waals surface area contributed by atoms with Gasteiger partial charge in [0.2, 0.25) is 0 Å². The lowest BCUT2D eigenvalue weighted by Gasteiger charge is -2.22. The summed E-state index contributed by atoms with van der Waals surface area (Å²) in [6, 6.07) is 0. The third-order valence-electron chi connectivity index (χ3n) is 4.45. The number of esters is 1. The molecule has 196 valence electrons. The molecule has 0 spiro atoms. The molecule has 0 aromatic rings. The van der Waals surface area contributed by atoms with E-state index < -0.39 is 72.7 Å². The molecule has 2 unspecified atom stereocenters. The Morgan fingerprint density at radius 3 is 1.35 bits per heavy atom. The van der Waals surface area contributed by atoms with E-state index in [1.165, 1.54) is 0 Å². The number of unbranched alkanes of at least 4 members (excludes halogenated alkanes) is 2. The van der Waals surface area contributed by atoms with E-state index in [9.17, 15) is 33.9 Å². The van der Waals surface area contributed by atoms with Crippen LogP contribution in [0.1, 0.15) is 71.6 Å². The summed E-state index contributed by atoms with van der Waals surface area (Å²) in [6.07, 6.45) is -0.381. The highest BCUT2D eigenvalue weighted by molar-refractivity contribution is 5.89. The second kappa shape index (κ2) is 15.6. The van der Waals surface area contributed by atoms with Crippen molar-refractivity contribution in [2.75, 3.05) is 0 Å². The first-order valence-electron chi connectivity index (χ1n) is 10.3. The predicted octanol–water partition coefficient (Wildman–Crippen LogP) is 0.321. The highest BCUT2D eigenvalue weighted by Gasteiger charge is 2.42. The fraction of sp³-hybridized carbons (Fsp3) is 0.700. The van der Waals surface area contributed by atoms with Crippen LogP contribution in [-0.4, -0.2) is 88.9 Å². The van der Waals surface area contributed by atoms with E-state index in [1.54, 1.807) is 0 Å². The standard InChI is InChI=1S/C14H24O7.C6H8O7/c1-3-5-6-7-10(4-2)21-12(17)9-14(20,13(18)19)8-11(15)16;7-3(8)1-6(13,5(11)12)2-4(9)10/h10,20H,3-9H2,1-2H3,(H,15,16)(H,18,19);13H,1-2H2,(H,7,8)(H,9,10)(H,11,12). The molecule has 0 saturated heterocycles. The zero-order valence-corrected chi connectivity index (χ0v) is 18.9. The summed E-state index contributed by atoms with van der Waals surface area (Å²) in [4.78, 5) is 63.7. The maximum Gasteiger partial charge on any atom is 0.336 e. The first-order valence-corrected chi connectivity index (χ1v) is 10.3. The van der Waals surface area contributed by atoms with Gasteiger partial charge in [-0.25, -0.2) is 9.59 Å². The quantitative estimate of drug-likeness (QED) is 0.112. The van der Waals surface area contributed by atoms with E-state index in [2.05, 4.69) is 0 Å². The molecule has 0 radical (unpaired) electrons. The topological polar surface area (TPSA) is 253 Å². The molecular formula is C20H32O14. The Bertz CT molecular complexity index is 715. The molecule has 0 bridgehead atoms. The van der Waals surface area contributed by atoms with Gasteiger partial charge in [-0.15, -0.1) is 0 Å². The molecule has 0 rings (SSSR count). The summed E-state index contributed by atoms with van der Waals surface area (Å²) < 4.78 is 5.12. The zero-order chi connectivity index (χ0) is 27.1. The van der Waals surface area contributed by atoms with Crippen molar-refractivity contribution in [2.45, 2.75) is 88.9 Å². The maximum absolute atomic E-state index is 11.7. The first kappa shape index (κ1) is 32.9. The fourth-order valence-electron chi connectivity index (χ4n) is 2.61. The predicted molar refractivity (Wildman–Crippen MR) is 111 cm³/mol. The van der Waals surface area contributed by atoms with E-state index in [0.717, 1.165) is 19.3 Å². The number of ether oxygens (including phenoxy) is 1. The number of hydrogen-bond acceptors (Lipinski definition) is 9. The summed E-state index contributed by atoms with van der Waals surface area (Å²) in [5.41, 5.74) is -5.37. The average Bonchev–Trinajstić information content (AvgIpc) is 2.65. The third kappa shape index (κ3) is 14.0. The van der Waals surface area contributed by atoms with Crippen molar-refractivity contribution in [2.24, 2.45) is 0 Å². The monoisotopic (exact) mass is 496 g/mol. The van der Waals surface area contributed by atoms with Crippen LogP contribution in [0.3, 0.4) is 0 Å². The van der Waals surface area contributed by atoms with Gasteiger partial charge >= 0.3 is 35.8 Å². The SMILES string of the molecule is CCCCCC(CC)OC(=O)CC(O)(CC(=O)O)C(=O)O.O=C(O)CC(O)(CC(=O)O)C(=O)O. The summed E-state index contributed by atoms with van der Waals surface area (Å²) in [5, 5.41) is 61.0. The van der Waals surface area contributed by atoms with Crippen molar-refractivity contribution in [1.82, 2.24) is 0 Å². The zero-order valence-electron chi connectivity index (χ0n) is 18.9. The molecule has 0 fully saturated rings. The van der Waals surface area contributed by atoms with Gasteiger partial charge in [0.15, 0.2) is 11.2 Å². The van der Waals surface area contributed by atoms with Gasteiger partial charge in [0.25, 0.3) is 0 Å². The third-order valence-corrected chi connectivity index (χ3v) is 4.45. The van der Waals surface area contributed by atoms with Crippen LogP contribution < -0.4 is 0 Å². The summed E-state index contributed by atoms with van der Waals surface area (Å²) >= 11 is 0. The van der Waals surface area contributed by atoms with Crippen LogP contribution in [0.5, 0.6) is 0 Å². The second-order valence-corrected chi connectivity index (χ2v) is 7.58. The second-order valence-electron chi connectivity index (χ2n) is 7.58. The largest absolute Gasteiger partial charge is 0.481 e. The minimum Gasteiger partial charge on any atom is -0.481 e. The lowest BCUT2D eigenvalue weighted by Crippen LogP contribution is -2.43. The van der Waals surface area contributed by atoms with Gasteiger partial charge in [-0.1, -0.05) is 26.7 Å². The molecule has 7 N–H and O–H groups in total. The lowest BCUT2D eigenvalue weighted by molar-refractivity contribution is -0.173. The molecule has 0 aliphatic carbocycles. The maximum atomic E-state index is 11.7. The number of carbonyl (C=O) groups is 6. The molecule has 34 heavy (non-hydrogen) atoms. The Morgan fingerprint density at radius 2 is 1.06 bits per heavy atom. The van der Waals surface area contributed by atoms with Gasteiger partial charge in [0.05, 0.1) is 25.7 Å². The van der Waals surface area contributed by atoms with Crippen molar-refractivity contribution in [3.05, 3.63) is 0 Å². The summed E-state index contributed by atoms with van der Waals surface area (Å²) in [6.45, 7) is 3.89. The number of hydrogen-bond donors (Lipinski definition) is 7. The van der Waals surface area contributed by atoms with E-state index in [0.29, 0.717) is 12.8 Å². The Morgan fingerprint density at radius 1 is 0.676 bits per heavy atom. The molecule has 0 saturated carbocycles. The number of rotatable bonds is 16. The van der Waals surface area contributed by atoms with Crippen molar-refractivity contribution in [1.29, 1.82) is 0 Å². The van der Waals surface area contributed by atoms with Gasteiger partial charge in [-0.2, -0.15) is 0 Å². The molecule has 0 aromatic carbocycles. The number of carbonyl (C=O) groups excluding carboxylic acids is 1. The summed E-state index contributed by atoms with van der Waals surface area (Å²) in [7, 11) is 0. The molecule has 14 heteroatoms. The van der Waals surface area contributed by atoms with Gasteiger partial charge < -0.3 is 40.5 Å². The van der Waals surface area contributed by atoms with Crippen molar-refractivity contribution >= 4 is 35.8 Å². The van der Waals surface area contributed by atoms with Crippen LogP contribution in [0.2, 0.25) is 0 Å². The fourth-order valence-corrected chi connectivity index (χ4v) is 2.61. The molecule has 14 nitrogen and oxygen atoms in total. The Kier molecular flexibility index (Phi) is 15.1. The minimum absolute atomic E-state index is 0.341. The van der Waals surface area contributed by atoms with E-state index in [1.807, 2.05) is 13.8 Å². The van der Waals surface area contributed by atoms with Crippen molar-refractivity contribution in [3.63, 3.8) is 0 Å². The van der Waals surface area contributed by atoms with E-state index in [4.69, 9.17) is 35.4 Å². The van der Waals surface area contributed by atoms with Crippen molar-refractivity contribution in [3.8, 4) is 0 Å². The highest BCUT2D eigenvalue weighted by Crippen LogP contribution is 2.19. The lowest BCUT2D eigenvalue weighted by atomic mass is 9.96. The molecule has 2 atom stereocenters. The smallest absolute Gasteiger partial charge is 0.336 e. The molecule has 0 heterocycles. The van der Waals surface area contributed by atoms with Gasteiger partial charge in [0.1, 0.15) is 6.10 Å². The van der Waals surface area contributed by atoms with E-state index >= 15 is 0 Å². The molecule has 0 aliphatic heterocycles. The van der Waals surface area contributed by atoms with Crippen molar-refractivity contribution < 1.29 is 69.2 Å². The van der Waals surface area contributed by atoms with Crippen LogP contribution in [0.15, 0.2) is 0 Å². The van der Waals surface area contributed by atoms with Gasteiger partial charge in [-0.3, -0.25) is 19.2 Å². The van der Waals surface area contributed by atoms with Crippen LogP contribution in [0.4, 0.5) is 0 Å². The normalized spacial score (nSPS) is 13.4. The number of carboxylic acids is 5. The van der Waals surface area contributed by atoms with Crippen LogP contribution >= 0.6 is 0 Å². The van der Waals surface area contributed by atoms with Crippen LogP contribution in [-0.2, 0) is 33.5 Å². The van der Waals surface area contributed by atoms with E-state index in [-0.39, 0.29) is 6.10 Å². The van der Waals surface area contributed by atoms with Gasteiger partial charge in [0, 0.05) is 0 Å². The number of aliphatic hydroxyl groups is 2. The van der Waals surface area contributed by atoms with Gasteiger partial charge in [-0.05, 0) is 19.3 Å². The number of aliphatic carboxylic acids is 5. The number of carboxylic acid groups (broad SMARTS) is 5. The Hall–Kier alpha value is -3.26. The van der Waals surface area contributed by atoms with Crippen LogP contribution in [0.25, 0.3) is 0 Å². The summed E-state index contributed by atoms with van der Waals surface area (Å²) in [5.74, 6) is -9.16. The average molecular weight is 496 g/mol. The first-order chi connectivity index (χ1) is 15.5. The highest BCUT2D eigenvalue weighted by atomic mass is 16.5. The molecular weight excluding hydrogens is 464 g/mol.